The summed E-state index contributed by atoms with van der Waals surface area (Å²) in [4.78, 5) is 10.4. The number of H-pyrrole nitrogens is 1. The first-order chi connectivity index (χ1) is 12.9. The van der Waals surface area contributed by atoms with Crippen molar-refractivity contribution in [1.29, 1.82) is 0 Å². The van der Waals surface area contributed by atoms with E-state index in [1.807, 2.05) is 6.33 Å². The van der Waals surface area contributed by atoms with Gasteiger partial charge < -0.3 is 10.3 Å². The highest BCUT2D eigenvalue weighted by molar-refractivity contribution is 5.33. The van der Waals surface area contributed by atoms with Gasteiger partial charge in [-0.1, -0.05) is 30.3 Å². The minimum absolute atomic E-state index is 0.313. The quantitative estimate of drug-likeness (QED) is 0.762. The number of hydrogen-bond donors (Lipinski definition) is 2. The molecule has 0 saturated heterocycles. The number of nitrogens with zero attached hydrogens (tertiary/aromatic N) is 4. The molecule has 0 amide bonds. The largest absolute Gasteiger partial charge is 0.347 e. The molecule has 1 aromatic carbocycles. The molecule has 26 heavy (non-hydrogen) atoms. The topological polar surface area (TPSA) is 61.8 Å². The maximum absolute atomic E-state index is 4.86. The van der Waals surface area contributed by atoms with Gasteiger partial charge in [0.15, 0.2) is 0 Å². The van der Waals surface area contributed by atoms with E-state index in [1.54, 1.807) is 0 Å². The molecule has 2 aliphatic rings. The van der Waals surface area contributed by atoms with E-state index in [9.17, 15) is 0 Å². The van der Waals surface area contributed by atoms with E-state index >= 15 is 0 Å². The molecular weight excluding hydrogens is 324 g/mol. The Bertz CT molecular complexity index is 857. The van der Waals surface area contributed by atoms with Crippen molar-refractivity contribution in [2.45, 2.75) is 38.5 Å². The van der Waals surface area contributed by atoms with Gasteiger partial charge in [-0.15, -0.1) is 0 Å². The number of imidazole rings is 1. The fourth-order valence-corrected chi connectivity index (χ4v) is 4.19. The molecule has 0 bridgehead atoms. The molecule has 0 fully saturated rings. The van der Waals surface area contributed by atoms with Crippen LogP contribution in [-0.4, -0.2) is 37.7 Å². The predicted octanol–water partition coefficient (Wildman–Crippen LogP) is 2.25. The number of aromatic nitrogens is 4. The zero-order valence-corrected chi connectivity index (χ0v) is 14.9. The number of fused-ring (bicyclic) bond motifs is 2. The van der Waals surface area contributed by atoms with E-state index < -0.39 is 0 Å². The summed E-state index contributed by atoms with van der Waals surface area (Å²) < 4.78 is 2.18. The van der Waals surface area contributed by atoms with Crippen molar-refractivity contribution >= 4 is 0 Å². The smallest absolute Gasteiger partial charge is 0.0925 e. The molecule has 2 aromatic heterocycles. The van der Waals surface area contributed by atoms with Crippen molar-refractivity contribution in [2.75, 3.05) is 13.1 Å². The normalized spacial score (nSPS) is 20.4. The van der Waals surface area contributed by atoms with Crippen LogP contribution in [0.3, 0.4) is 0 Å². The molecule has 6 nitrogen and oxygen atoms in total. The van der Waals surface area contributed by atoms with Crippen molar-refractivity contribution < 1.29 is 0 Å². The van der Waals surface area contributed by atoms with Crippen LogP contribution in [0, 0.1) is 0 Å². The average molecular weight is 348 g/mol. The monoisotopic (exact) mass is 348 g/mol. The van der Waals surface area contributed by atoms with Gasteiger partial charge in [-0.3, -0.25) is 9.58 Å². The SMILES string of the molecule is c1ccc(C2CN(Cc3cc4n(n3)CCCNC4)Cc3[nH]cnc32)cc1. The Kier molecular flexibility index (Phi) is 4.07. The molecule has 6 heteroatoms. The second kappa shape index (κ2) is 6.70. The summed E-state index contributed by atoms with van der Waals surface area (Å²) in [5.41, 5.74) is 6.22. The van der Waals surface area contributed by atoms with Gasteiger partial charge in [0.05, 0.1) is 29.1 Å². The van der Waals surface area contributed by atoms with Gasteiger partial charge in [-0.05, 0) is 24.6 Å². The van der Waals surface area contributed by atoms with E-state index in [4.69, 9.17) is 5.10 Å². The van der Waals surface area contributed by atoms with E-state index in [0.717, 1.165) is 45.7 Å². The number of rotatable bonds is 3. The molecule has 2 aliphatic heterocycles. The fraction of sp³-hybridized carbons (Fsp3) is 0.400. The molecule has 3 aromatic rings. The maximum Gasteiger partial charge on any atom is 0.0925 e. The third-order valence-corrected chi connectivity index (χ3v) is 5.44. The average Bonchev–Trinajstić information content (AvgIpc) is 3.23. The first-order valence-electron chi connectivity index (χ1n) is 9.42. The molecule has 5 rings (SSSR count). The zero-order valence-electron chi connectivity index (χ0n) is 14.9. The Morgan fingerprint density at radius 1 is 1.19 bits per heavy atom. The summed E-state index contributed by atoms with van der Waals surface area (Å²) in [6.07, 6.45) is 2.97. The number of nitrogens with one attached hydrogen (secondary N) is 2. The molecule has 134 valence electrons. The van der Waals surface area contributed by atoms with E-state index in [-0.39, 0.29) is 0 Å². The van der Waals surface area contributed by atoms with Gasteiger partial charge in [-0.2, -0.15) is 5.10 Å². The fourth-order valence-electron chi connectivity index (χ4n) is 4.19. The number of aryl methyl sites for hydroxylation is 1. The molecule has 0 saturated carbocycles. The van der Waals surface area contributed by atoms with Crippen molar-refractivity contribution in [2.24, 2.45) is 0 Å². The van der Waals surface area contributed by atoms with Crippen LogP contribution in [-0.2, 0) is 26.2 Å². The van der Waals surface area contributed by atoms with Gasteiger partial charge in [0.2, 0.25) is 0 Å². The lowest BCUT2D eigenvalue weighted by Gasteiger charge is -2.31. The maximum atomic E-state index is 4.86. The summed E-state index contributed by atoms with van der Waals surface area (Å²) in [6.45, 7) is 5.76. The van der Waals surface area contributed by atoms with E-state index in [0.29, 0.717) is 5.92 Å². The second-order valence-corrected chi connectivity index (χ2v) is 7.28. The lowest BCUT2D eigenvalue weighted by Crippen LogP contribution is -2.34. The highest BCUT2D eigenvalue weighted by Crippen LogP contribution is 2.32. The van der Waals surface area contributed by atoms with E-state index in [2.05, 4.69) is 61.3 Å². The molecule has 1 unspecified atom stereocenters. The van der Waals surface area contributed by atoms with Gasteiger partial charge in [0.1, 0.15) is 0 Å². The lowest BCUT2D eigenvalue weighted by molar-refractivity contribution is 0.224. The van der Waals surface area contributed by atoms with Crippen molar-refractivity contribution in [3.63, 3.8) is 0 Å². The first kappa shape index (κ1) is 15.8. The van der Waals surface area contributed by atoms with E-state index in [1.165, 1.54) is 28.3 Å². The van der Waals surface area contributed by atoms with Crippen molar-refractivity contribution in [3.05, 3.63) is 71.1 Å². The van der Waals surface area contributed by atoms with Crippen LogP contribution in [0.15, 0.2) is 42.7 Å². The molecule has 0 spiro atoms. The Morgan fingerprint density at radius 3 is 3.04 bits per heavy atom. The van der Waals surface area contributed by atoms with Crippen LogP contribution in [0.2, 0.25) is 0 Å². The first-order valence-corrected chi connectivity index (χ1v) is 9.42. The minimum atomic E-state index is 0.313. The molecule has 0 aliphatic carbocycles. The Labute approximate surface area is 153 Å². The van der Waals surface area contributed by atoms with Gasteiger partial charge in [0, 0.05) is 38.6 Å². The molecule has 1 atom stereocenters. The number of aromatic amines is 1. The molecule has 2 N–H and O–H groups in total. The van der Waals surface area contributed by atoms with Gasteiger partial charge in [0.25, 0.3) is 0 Å². The van der Waals surface area contributed by atoms with Gasteiger partial charge >= 0.3 is 0 Å². The number of hydrogen-bond acceptors (Lipinski definition) is 4. The highest BCUT2D eigenvalue weighted by atomic mass is 15.3. The van der Waals surface area contributed by atoms with Gasteiger partial charge in [-0.25, -0.2) is 4.98 Å². The van der Waals surface area contributed by atoms with Crippen molar-refractivity contribution in [1.82, 2.24) is 30.0 Å². The summed E-state index contributed by atoms with van der Waals surface area (Å²) in [5, 5.41) is 8.33. The third kappa shape index (κ3) is 2.95. The molecular formula is C20H24N6. The second-order valence-electron chi connectivity index (χ2n) is 7.28. The third-order valence-electron chi connectivity index (χ3n) is 5.44. The van der Waals surface area contributed by atoms with Crippen molar-refractivity contribution in [3.8, 4) is 0 Å². The molecule has 0 radical (unpaired) electrons. The molecule has 4 heterocycles. The minimum Gasteiger partial charge on any atom is -0.347 e. The summed E-state index contributed by atoms with van der Waals surface area (Å²) >= 11 is 0. The number of benzene rings is 1. The summed E-state index contributed by atoms with van der Waals surface area (Å²) in [6, 6.07) is 13.0. The van der Waals surface area contributed by atoms with Crippen LogP contribution in [0.25, 0.3) is 0 Å². The Morgan fingerprint density at radius 2 is 2.12 bits per heavy atom. The zero-order chi connectivity index (χ0) is 17.3. The van der Waals surface area contributed by atoms with Crippen LogP contribution < -0.4 is 5.32 Å². The summed E-state index contributed by atoms with van der Waals surface area (Å²) in [7, 11) is 0. The van der Waals surface area contributed by atoms with Crippen LogP contribution >= 0.6 is 0 Å². The summed E-state index contributed by atoms with van der Waals surface area (Å²) in [5.74, 6) is 0.313. The Hall–Kier alpha value is -2.44. The Balaban J connectivity index is 1.39. The van der Waals surface area contributed by atoms with Crippen LogP contribution in [0.5, 0.6) is 0 Å². The van der Waals surface area contributed by atoms with Crippen LogP contribution in [0.4, 0.5) is 0 Å². The predicted molar refractivity (Wildman–Crippen MR) is 99.5 cm³/mol. The lowest BCUT2D eigenvalue weighted by atomic mass is 9.91. The highest BCUT2D eigenvalue weighted by Gasteiger charge is 2.29. The van der Waals surface area contributed by atoms with Crippen LogP contribution in [0.1, 0.15) is 40.7 Å². The standard InChI is InChI=1S/C20H24N6/c1-2-5-15(6-3-1)18-12-25(13-19-20(18)23-14-22-19)11-16-9-17-10-21-7-4-8-26(17)24-16/h1-3,5-6,9,14,18,21H,4,7-8,10-13H2,(H,22,23).